The monoisotopic (exact) mass is 441 g/mol. The first kappa shape index (κ1) is 22.1. The largest absolute Gasteiger partial charge is 0.497 e. The van der Waals surface area contributed by atoms with Crippen LogP contribution in [0, 0.1) is 13.8 Å². The third kappa shape index (κ3) is 4.20. The Morgan fingerprint density at radius 1 is 0.818 bits per heavy atom. The molecular formula is C27H27N3O3. The van der Waals surface area contributed by atoms with E-state index in [1.54, 1.807) is 43.5 Å². The van der Waals surface area contributed by atoms with Crippen molar-refractivity contribution >= 4 is 34.4 Å². The van der Waals surface area contributed by atoms with Crippen molar-refractivity contribution in [2.45, 2.75) is 13.8 Å². The molecule has 3 aromatic rings. The van der Waals surface area contributed by atoms with Crippen molar-refractivity contribution in [3.8, 4) is 5.75 Å². The number of imide groups is 1. The summed E-state index contributed by atoms with van der Waals surface area (Å²) < 4.78 is 5.25. The molecule has 0 saturated carbocycles. The van der Waals surface area contributed by atoms with Gasteiger partial charge in [-0.25, -0.2) is 4.90 Å². The van der Waals surface area contributed by atoms with Gasteiger partial charge in [-0.1, -0.05) is 18.2 Å². The van der Waals surface area contributed by atoms with Crippen LogP contribution in [0.1, 0.15) is 16.7 Å². The molecule has 0 spiro atoms. The second kappa shape index (κ2) is 8.82. The van der Waals surface area contributed by atoms with Gasteiger partial charge in [0.15, 0.2) is 0 Å². The summed E-state index contributed by atoms with van der Waals surface area (Å²) in [5.74, 6) is -0.0772. The van der Waals surface area contributed by atoms with Crippen LogP contribution in [-0.2, 0) is 9.59 Å². The van der Waals surface area contributed by atoms with Crippen molar-refractivity contribution in [2.24, 2.45) is 0 Å². The summed E-state index contributed by atoms with van der Waals surface area (Å²) in [4.78, 5) is 30.3. The summed E-state index contributed by atoms with van der Waals surface area (Å²) in [5.41, 5.74) is 5.75. The number of benzene rings is 3. The van der Waals surface area contributed by atoms with Crippen LogP contribution in [-0.4, -0.2) is 33.0 Å². The first-order valence-electron chi connectivity index (χ1n) is 10.7. The van der Waals surface area contributed by atoms with E-state index in [2.05, 4.69) is 5.32 Å². The minimum absolute atomic E-state index is 0.255. The number of ether oxygens (including phenoxy) is 1. The van der Waals surface area contributed by atoms with Crippen molar-refractivity contribution in [2.75, 3.05) is 36.3 Å². The Balaban J connectivity index is 1.78. The number of anilines is 3. The molecule has 168 valence electrons. The van der Waals surface area contributed by atoms with Gasteiger partial charge in [0.25, 0.3) is 11.8 Å². The fourth-order valence-electron chi connectivity index (χ4n) is 3.77. The Labute approximate surface area is 194 Å². The van der Waals surface area contributed by atoms with Crippen LogP contribution in [0.15, 0.2) is 72.4 Å². The molecule has 33 heavy (non-hydrogen) atoms. The molecule has 3 aromatic carbocycles. The Bertz CT molecular complexity index is 1240. The Kier molecular flexibility index (Phi) is 5.92. The van der Waals surface area contributed by atoms with Gasteiger partial charge >= 0.3 is 0 Å². The van der Waals surface area contributed by atoms with Crippen LogP contribution in [0.2, 0.25) is 0 Å². The fourth-order valence-corrected chi connectivity index (χ4v) is 3.77. The van der Waals surface area contributed by atoms with Gasteiger partial charge in [-0.3, -0.25) is 9.59 Å². The zero-order valence-electron chi connectivity index (χ0n) is 19.5. The lowest BCUT2D eigenvalue weighted by Crippen LogP contribution is -2.32. The fraction of sp³-hybridized carbons (Fsp3) is 0.185. The van der Waals surface area contributed by atoms with Crippen LogP contribution < -0.4 is 19.9 Å². The van der Waals surface area contributed by atoms with E-state index in [0.29, 0.717) is 22.6 Å². The van der Waals surface area contributed by atoms with E-state index in [1.165, 1.54) is 4.90 Å². The van der Waals surface area contributed by atoms with Gasteiger partial charge in [0, 0.05) is 25.5 Å². The maximum absolute atomic E-state index is 13.6. The molecule has 1 aliphatic rings. The smallest absolute Gasteiger partial charge is 0.282 e. The molecule has 1 heterocycles. The Morgan fingerprint density at radius 3 is 2.06 bits per heavy atom. The molecule has 0 fully saturated rings. The minimum atomic E-state index is -0.387. The summed E-state index contributed by atoms with van der Waals surface area (Å²) in [6.45, 7) is 4.05. The second-order valence-corrected chi connectivity index (χ2v) is 8.26. The van der Waals surface area contributed by atoms with Crippen LogP contribution in [0.4, 0.5) is 17.1 Å². The molecule has 2 amide bonds. The van der Waals surface area contributed by atoms with Crippen LogP contribution in [0.25, 0.3) is 5.57 Å². The van der Waals surface area contributed by atoms with Gasteiger partial charge in [-0.15, -0.1) is 0 Å². The third-order valence-electron chi connectivity index (χ3n) is 5.86. The van der Waals surface area contributed by atoms with Gasteiger partial charge in [0.1, 0.15) is 11.4 Å². The van der Waals surface area contributed by atoms with Crippen LogP contribution >= 0.6 is 0 Å². The lowest BCUT2D eigenvalue weighted by atomic mass is 10.0. The van der Waals surface area contributed by atoms with Crippen molar-refractivity contribution in [1.82, 2.24) is 0 Å². The van der Waals surface area contributed by atoms with E-state index in [1.807, 2.05) is 63.2 Å². The maximum atomic E-state index is 13.6. The lowest BCUT2D eigenvalue weighted by Gasteiger charge is -2.18. The molecule has 0 aliphatic carbocycles. The van der Waals surface area contributed by atoms with Gasteiger partial charge < -0.3 is 15.0 Å². The van der Waals surface area contributed by atoms with E-state index in [9.17, 15) is 9.59 Å². The molecule has 0 bridgehead atoms. The summed E-state index contributed by atoms with van der Waals surface area (Å²) in [7, 11) is 5.47. The Morgan fingerprint density at radius 2 is 1.48 bits per heavy atom. The summed E-state index contributed by atoms with van der Waals surface area (Å²) in [5, 5.41) is 3.22. The topological polar surface area (TPSA) is 61.9 Å². The highest BCUT2D eigenvalue weighted by Gasteiger charge is 2.40. The average molecular weight is 442 g/mol. The molecule has 6 heteroatoms. The van der Waals surface area contributed by atoms with E-state index in [0.717, 1.165) is 22.5 Å². The molecule has 0 unspecified atom stereocenters. The summed E-state index contributed by atoms with van der Waals surface area (Å²) >= 11 is 0. The molecule has 0 atom stereocenters. The summed E-state index contributed by atoms with van der Waals surface area (Å²) in [6.07, 6.45) is 0. The minimum Gasteiger partial charge on any atom is -0.497 e. The number of nitrogens with one attached hydrogen (secondary N) is 1. The number of hydrogen-bond acceptors (Lipinski definition) is 5. The van der Waals surface area contributed by atoms with E-state index >= 15 is 0 Å². The first-order chi connectivity index (χ1) is 15.8. The van der Waals surface area contributed by atoms with Crippen molar-refractivity contribution in [1.29, 1.82) is 0 Å². The molecule has 1 aliphatic heterocycles. The van der Waals surface area contributed by atoms with E-state index in [4.69, 9.17) is 4.74 Å². The van der Waals surface area contributed by atoms with Gasteiger partial charge in [-0.05, 0) is 79.1 Å². The Hall–Kier alpha value is -4.06. The lowest BCUT2D eigenvalue weighted by molar-refractivity contribution is -0.120. The van der Waals surface area contributed by atoms with Gasteiger partial charge in [0.05, 0.1) is 18.4 Å². The molecule has 1 N–H and O–H groups in total. The highest BCUT2D eigenvalue weighted by Crippen LogP contribution is 2.35. The first-order valence-corrected chi connectivity index (χ1v) is 10.7. The predicted octanol–water partition coefficient (Wildman–Crippen LogP) is 4.77. The zero-order valence-corrected chi connectivity index (χ0v) is 19.5. The number of aryl methyl sites for hydroxylation is 2. The normalized spacial score (nSPS) is 13.5. The number of nitrogens with zero attached hydrogens (tertiary/aromatic N) is 2. The van der Waals surface area contributed by atoms with Gasteiger partial charge in [-0.2, -0.15) is 0 Å². The zero-order chi connectivity index (χ0) is 23.7. The average Bonchev–Trinajstić information content (AvgIpc) is 3.05. The van der Waals surface area contributed by atoms with E-state index < -0.39 is 0 Å². The quantitative estimate of drug-likeness (QED) is 0.558. The number of amides is 2. The van der Waals surface area contributed by atoms with Crippen molar-refractivity contribution in [3.63, 3.8) is 0 Å². The number of hydrogen-bond donors (Lipinski definition) is 1. The standard InChI is InChI=1S/C27H27N3O3/c1-17-6-9-20(16-18(17)2)28-25-24(19-7-14-23(33-5)15-8-19)26(31)30(27(25)32)22-12-10-21(11-13-22)29(3)4/h6-16,28H,1-5H3. The van der Waals surface area contributed by atoms with Crippen LogP contribution in [0.5, 0.6) is 5.75 Å². The maximum Gasteiger partial charge on any atom is 0.282 e. The highest BCUT2D eigenvalue weighted by molar-refractivity contribution is 6.46. The summed E-state index contributed by atoms with van der Waals surface area (Å²) in [6, 6.07) is 20.4. The number of rotatable bonds is 6. The third-order valence-corrected chi connectivity index (χ3v) is 5.86. The second-order valence-electron chi connectivity index (χ2n) is 8.26. The molecule has 0 saturated heterocycles. The highest BCUT2D eigenvalue weighted by atomic mass is 16.5. The predicted molar refractivity (Wildman–Crippen MR) is 133 cm³/mol. The number of carbonyl (C=O) groups excluding carboxylic acids is 2. The molecule has 0 aromatic heterocycles. The van der Waals surface area contributed by atoms with E-state index in [-0.39, 0.29) is 17.5 Å². The molecule has 4 rings (SSSR count). The molecular weight excluding hydrogens is 414 g/mol. The van der Waals surface area contributed by atoms with Crippen molar-refractivity contribution < 1.29 is 14.3 Å². The van der Waals surface area contributed by atoms with Crippen LogP contribution in [0.3, 0.4) is 0 Å². The van der Waals surface area contributed by atoms with Gasteiger partial charge in [0.2, 0.25) is 0 Å². The SMILES string of the molecule is COc1ccc(C2=C(Nc3ccc(C)c(C)c3)C(=O)N(c3ccc(N(C)C)cc3)C2=O)cc1. The molecule has 6 nitrogen and oxygen atoms in total. The number of methoxy groups -OCH3 is 1. The van der Waals surface area contributed by atoms with Crippen molar-refractivity contribution in [3.05, 3.63) is 89.1 Å². The number of carbonyl (C=O) groups is 2. The molecule has 0 radical (unpaired) electrons.